The molecule has 1 amide bonds. The summed E-state index contributed by atoms with van der Waals surface area (Å²) in [4.78, 5) is 23.9. The number of aromatic nitrogens is 2. The number of benzene rings is 2. The van der Waals surface area contributed by atoms with Crippen molar-refractivity contribution in [2.75, 3.05) is 13.1 Å². The van der Waals surface area contributed by atoms with Crippen LogP contribution in [0.5, 0.6) is 0 Å². The fourth-order valence-corrected chi connectivity index (χ4v) is 3.42. The van der Waals surface area contributed by atoms with Crippen LogP contribution < -0.4 is 0 Å². The first-order valence-corrected chi connectivity index (χ1v) is 8.92. The highest BCUT2D eigenvalue weighted by Gasteiger charge is 2.22. The molecule has 25 heavy (non-hydrogen) atoms. The lowest BCUT2D eigenvalue weighted by molar-refractivity contribution is 0.0712. The minimum atomic E-state index is -0.0891. The third-order valence-electron chi connectivity index (χ3n) is 4.54. The number of rotatable bonds is 2. The molecule has 2 heterocycles. The maximum absolute atomic E-state index is 12.9. The van der Waals surface area contributed by atoms with Crippen LogP contribution >= 0.6 is 11.6 Å². The van der Waals surface area contributed by atoms with Gasteiger partial charge in [-0.1, -0.05) is 41.9 Å². The zero-order valence-electron chi connectivity index (χ0n) is 13.8. The normalized spacial score (nSPS) is 14.7. The van der Waals surface area contributed by atoms with E-state index in [2.05, 4.69) is 9.97 Å². The summed E-state index contributed by atoms with van der Waals surface area (Å²) in [5, 5.41) is 1.48. The number of carbonyl (C=O) groups excluding carboxylic acids is 1. The minimum Gasteiger partial charge on any atom is -0.336 e. The first-order valence-electron chi connectivity index (χ1n) is 8.54. The van der Waals surface area contributed by atoms with Crippen molar-refractivity contribution in [2.24, 2.45) is 0 Å². The van der Waals surface area contributed by atoms with E-state index in [1.807, 2.05) is 47.4 Å². The van der Waals surface area contributed by atoms with Crippen molar-refractivity contribution in [3.8, 4) is 11.3 Å². The summed E-state index contributed by atoms with van der Waals surface area (Å²) in [6, 6.07) is 15.3. The lowest BCUT2D eigenvalue weighted by Gasteiger charge is -2.26. The molecular formula is C20H18ClN3O. The number of nitrogens with zero attached hydrogens (tertiary/aromatic N) is 3. The van der Waals surface area contributed by atoms with Crippen LogP contribution in [0.25, 0.3) is 22.2 Å². The number of halogens is 1. The Hall–Kier alpha value is -2.46. The Labute approximate surface area is 151 Å². The van der Waals surface area contributed by atoms with Crippen LogP contribution in [0.2, 0.25) is 5.02 Å². The number of carbonyl (C=O) groups is 1. The molecule has 1 aliphatic rings. The van der Waals surface area contributed by atoms with E-state index in [9.17, 15) is 4.79 Å². The summed E-state index contributed by atoms with van der Waals surface area (Å²) < 4.78 is 0. The Morgan fingerprint density at radius 1 is 0.960 bits per heavy atom. The predicted molar refractivity (Wildman–Crippen MR) is 99.7 cm³/mol. The molecule has 1 aliphatic heterocycles. The van der Waals surface area contributed by atoms with Gasteiger partial charge in [0.05, 0.1) is 11.2 Å². The molecule has 5 heteroatoms. The number of piperidine rings is 1. The molecule has 126 valence electrons. The van der Waals surface area contributed by atoms with Crippen molar-refractivity contribution in [1.82, 2.24) is 14.9 Å². The number of amides is 1. The van der Waals surface area contributed by atoms with Crippen molar-refractivity contribution < 1.29 is 4.79 Å². The third-order valence-corrected chi connectivity index (χ3v) is 4.77. The van der Waals surface area contributed by atoms with Crippen LogP contribution in [0, 0.1) is 0 Å². The molecule has 0 radical (unpaired) electrons. The van der Waals surface area contributed by atoms with E-state index >= 15 is 0 Å². The van der Waals surface area contributed by atoms with Crippen molar-refractivity contribution in [3.05, 3.63) is 59.4 Å². The van der Waals surface area contributed by atoms with E-state index in [-0.39, 0.29) is 11.7 Å². The summed E-state index contributed by atoms with van der Waals surface area (Å²) in [5.74, 6) is 0.171. The molecule has 0 saturated carbocycles. The second kappa shape index (κ2) is 6.81. The second-order valence-electron chi connectivity index (χ2n) is 6.28. The Balaban J connectivity index is 1.86. The highest BCUT2D eigenvalue weighted by Crippen LogP contribution is 2.28. The monoisotopic (exact) mass is 351 g/mol. The van der Waals surface area contributed by atoms with Crippen LogP contribution in [-0.4, -0.2) is 33.9 Å². The van der Waals surface area contributed by atoms with Crippen molar-refractivity contribution in [2.45, 2.75) is 19.3 Å². The number of likely N-dealkylation sites (tertiary alicyclic amines) is 1. The van der Waals surface area contributed by atoms with Crippen LogP contribution in [-0.2, 0) is 0 Å². The van der Waals surface area contributed by atoms with Gasteiger partial charge in [-0.2, -0.15) is 0 Å². The van der Waals surface area contributed by atoms with Crippen molar-refractivity contribution in [1.29, 1.82) is 0 Å². The number of fused-ring (bicyclic) bond motifs is 1. The summed E-state index contributed by atoms with van der Waals surface area (Å²) >= 11 is 6.17. The lowest BCUT2D eigenvalue weighted by Crippen LogP contribution is -2.36. The molecule has 3 aromatic rings. The average molecular weight is 352 g/mol. The topological polar surface area (TPSA) is 46.1 Å². The highest BCUT2D eigenvalue weighted by molar-refractivity contribution is 6.31. The Bertz CT molecular complexity index is 921. The van der Waals surface area contributed by atoms with E-state index in [4.69, 9.17) is 11.6 Å². The SMILES string of the molecule is O=C(c1nc(-c2ccccc2)c2cc(Cl)ccc2n1)N1CCCCC1. The maximum atomic E-state index is 12.9. The summed E-state index contributed by atoms with van der Waals surface area (Å²) in [6.07, 6.45) is 3.26. The quantitative estimate of drug-likeness (QED) is 0.679. The molecule has 1 aromatic heterocycles. The molecule has 0 aliphatic carbocycles. The van der Waals surface area contributed by atoms with Gasteiger partial charge >= 0.3 is 0 Å². The van der Waals surface area contributed by atoms with E-state index in [0.717, 1.165) is 48.1 Å². The van der Waals surface area contributed by atoms with Gasteiger partial charge in [0.25, 0.3) is 5.91 Å². The van der Waals surface area contributed by atoms with E-state index in [1.165, 1.54) is 6.42 Å². The van der Waals surface area contributed by atoms with Crippen LogP contribution in [0.4, 0.5) is 0 Å². The van der Waals surface area contributed by atoms with Gasteiger partial charge in [-0.15, -0.1) is 0 Å². The van der Waals surface area contributed by atoms with Crippen LogP contribution in [0.1, 0.15) is 29.9 Å². The lowest BCUT2D eigenvalue weighted by atomic mass is 10.1. The van der Waals surface area contributed by atoms with Crippen LogP contribution in [0.15, 0.2) is 48.5 Å². The van der Waals surface area contributed by atoms with Crippen molar-refractivity contribution >= 4 is 28.4 Å². The van der Waals surface area contributed by atoms with Gasteiger partial charge in [0, 0.05) is 29.1 Å². The van der Waals surface area contributed by atoms with Gasteiger partial charge < -0.3 is 4.90 Å². The molecule has 4 nitrogen and oxygen atoms in total. The van der Waals surface area contributed by atoms with Gasteiger partial charge in [0.1, 0.15) is 0 Å². The Morgan fingerprint density at radius 3 is 2.48 bits per heavy atom. The molecule has 0 atom stereocenters. The highest BCUT2D eigenvalue weighted by atomic mass is 35.5. The molecule has 0 spiro atoms. The summed E-state index contributed by atoms with van der Waals surface area (Å²) in [5.41, 5.74) is 2.43. The first kappa shape index (κ1) is 16.0. The maximum Gasteiger partial charge on any atom is 0.291 e. The van der Waals surface area contributed by atoms with Gasteiger partial charge in [-0.25, -0.2) is 9.97 Å². The van der Waals surface area contributed by atoms with Gasteiger partial charge in [-0.05, 0) is 37.5 Å². The third kappa shape index (κ3) is 3.22. The Kier molecular flexibility index (Phi) is 4.36. The largest absolute Gasteiger partial charge is 0.336 e. The second-order valence-corrected chi connectivity index (χ2v) is 6.71. The molecule has 0 unspecified atom stereocenters. The summed E-state index contributed by atoms with van der Waals surface area (Å²) in [6.45, 7) is 1.56. The smallest absolute Gasteiger partial charge is 0.291 e. The van der Waals surface area contributed by atoms with E-state index in [1.54, 1.807) is 6.07 Å². The van der Waals surface area contributed by atoms with Gasteiger partial charge in [0.15, 0.2) is 0 Å². The molecule has 1 fully saturated rings. The predicted octanol–water partition coefficient (Wildman–Crippen LogP) is 4.58. The zero-order valence-corrected chi connectivity index (χ0v) is 14.5. The molecule has 0 N–H and O–H groups in total. The first-order chi connectivity index (χ1) is 12.2. The molecular weight excluding hydrogens is 334 g/mol. The number of hydrogen-bond donors (Lipinski definition) is 0. The molecule has 1 saturated heterocycles. The van der Waals surface area contributed by atoms with Gasteiger partial charge in [-0.3, -0.25) is 4.79 Å². The van der Waals surface area contributed by atoms with E-state index in [0.29, 0.717) is 5.02 Å². The summed E-state index contributed by atoms with van der Waals surface area (Å²) in [7, 11) is 0. The molecule has 2 aromatic carbocycles. The fourth-order valence-electron chi connectivity index (χ4n) is 3.25. The van der Waals surface area contributed by atoms with Gasteiger partial charge in [0.2, 0.25) is 5.82 Å². The number of hydrogen-bond acceptors (Lipinski definition) is 3. The minimum absolute atomic E-state index is 0.0891. The van der Waals surface area contributed by atoms with Crippen LogP contribution in [0.3, 0.4) is 0 Å². The van der Waals surface area contributed by atoms with Crippen molar-refractivity contribution in [3.63, 3.8) is 0 Å². The average Bonchev–Trinajstić information content (AvgIpc) is 2.68. The Morgan fingerprint density at radius 2 is 1.72 bits per heavy atom. The fraction of sp³-hybridized carbons (Fsp3) is 0.250. The van der Waals surface area contributed by atoms with E-state index < -0.39 is 0 Å². The molecule has 0 bridgehead atoms. The standard InChI is InChI=1S/C20H18ClN3O/c21-15-9-10-17-16(13-15)18(14-7-3-1-4-8-14)23-19(22-17)20(25)24-11-5-2-6-12-24/h1,3-4,7-10,13H,2,5-6,11-12H2. The molecule has 4 rings (SSSR count). The zero-order chi connectivity index (χ0) is 17.2.